The van der Waals surface area contributed by atoms with Crippen molar-refractivity contribution in [1.82, 2.24) is 15.0 Å². The van der Waals surface area contributed by atoms with Gasteiger partial charge in [0.05, 0.1) is 12.6 Å². The van der Waals surface area contributed by atoms with Crippen LogP contribution in [0.4, 0.5) is 11.9 Å². The lowest BCUT2D eigenvalue weighted by Crippen LogP contribution is -2.26. The highest BCUT2D eigenvalue weighted by molar-refractivity contribution is 6.28. The van der Waals surface area contributed by atoms with Crippen molar-refractivity contribution in [2.45, 2.75) is 19.4 Å². The van der Waals surface area contributed by atoms with Crippen molar-refractivity contribution in [3.8, 4) is 0 Å². The van der Waals surface area contributed by atoms with Crippen LogP contribution in [0, 0.1) is 0 Å². The van der Waals surface area contributed by atoms with Gasteiger partial charge in [-0.3, -0.25) is 0 Å². The van der Waals surface area contributed by atoms with E-state index in [0.29, 0.717) is 18.5 Å². The van der Waals surface area contributed by atoms with Gasteiger partial charge in [0.25, 0.3) is 0 Å². The maximum atomic E-state index is 5.84. The molecule has 1 N–H and O–H groups in total. The molecule has 0 aromatic carbocycles. The number of ether oxygens (including phenoxy) is 1. The number of nitrogens with one attached hydrogen (secondary N) is 1. The minimum atomic E-state index is 0.161. The fourth-order valence-electron chi connectivity index (χ4n) is 1.25. The molecule has 0 aliphatic heterocycles. The van der Waals surface area contributed by atoms with Crippen LogP contribution in [-0.4, -0.2) is 48.8 Å². The number of anilines is 2. The number of hydrogen-bond acceptors (Lipinski definition) is 6. The van der Waals surface area contributed by atoms with Gasteiger partial charge in [-0.05, 0) is 18.0 Å². The Labute approximate surface area is 106 Å². The van der Waals surface area contributed by atoms with Crippen molar-refractivity contribution in [2.75, 3.05) is 38.0 Å². The molecule has 1 heterocycles. The summed E-state index contributed by atoms with van der Waals surface area (Å²) in [5.74, 6) is 0.998. The number of rotatable bonds is 6. The fourth-order valence-corrected chi connectivity index (χ4v) is 1.41. The Bertz CT molecular complexity index is 361. The van der Waals surface area contributed by atoms with E-state index < -0.39 is 0 Å². The third kappa shape index (κ3) is 4.32. The largest absolute Gasteiger partial charge is 0.383 e. The van der Waals surface area contributed by atoms with Crippen molar-refractivity contribution in [2.24, 2.45) is 0 Å². The SMILES string of the molecule is CCC(COC)Nc1nc(Cl)nc(N(C)C)n1. The zero-order chi connectivity index (χ0) is 12.8. The molecule has 96 valence electrons. The van der Waals surface area contributed by atoms with Gasteiger partial charge in [0.2, 0.25) is 17.2 Å². The number of methoxy groups -OCH3 is 1. The monoisotopic (exact) mass is 259 g/mol. The normalized spacial score (nSPS) is 12.3. The molecule has 0 saturated heterocycles. The first-order valence-electron chi connectivity index (χ1n) is 5.41. The highest BCUT2D eigenvalue weighted by Gasteiger charge is 2.11. The fraction of sp³-hybridized carbons (Fsp3) is 0.700. The van der Waals surface area contributed by atoms with Crippen molar-refractivity contribution >= 4 is 23.5 Å². The summed E-state index contributed by atoms with van der Waals surface area (Å²) in [5, 5.41) is 3.35. The Morgan fingerprint density at radius 2 is 2.06 bits per heavy atom. The van der Waals surface area contributed by atoms with Crippen molar-refractivity contribution in [3.63, 3.8) is 0 Å². The lowest BCUT2D eigenvalue weighted by molar-refractivity contribution is 0.184. The number of hydrogen-bond donors (Lipinski definition) is 1. The van der Waals surface area contributed by atoms with Crippen molar-refractivity contribution in [1.29, 1.82) is 0 Å². The molecule has 0 spiro atoms. The molecule has 0 radical (unpaired) electrons. The molecule has 6 nitrogen and oxygen atoms in total. The topological polar surface area (TPSA) is 63.2 Å². The average molecular weight is 260 g/mol. The molecule has 0 aliphatic carbocycles. The second-order valence-electron chi connectivity index (χ2n) is 3.83. The summed E-state index contributed by atoms with van der Waals surface area (Å²) in [7, 11) is 5.36. The van der Waals surface area contributed by atoms with Crippen LogP contribution in [-0.2, 0) is 4.74 Å². The van der Waals surface area contributed by atoms with Crippen LogP contribution in [0.3, 0.4) is 0 Å². The first-order valence-corrected chi connectivity index (χ1v) is 5.79. The van der Waals surface area contributed by atoms with Gasteiger partial charge in [0.1, 0.15) is 0 Å². The number of aromatic nitrogens is 3. The molecule has 0 aliphatic rings. The lowest BCUT2D eigenvalue weighted by atomic mass is 10.2. The number of halogens is 1. The molecule has 7 heteroatoms. The Hall–Kier alpha value is -1.14. The van der Waals surface area contributed by atoms with Gasteiger partial charge in [0, 0.05) is 21.2 Å². The van der Waals surface area contributed by atoms with E-state index in [1.807, 2.05) is 14.1 Å². The van der Waals surface area contributed by atoms with Crippen molar-refractivity contribution < 1.29 is 4.74 Å². The second kappa shape index (κ2) is 6.56. The van der Waals surface area contributed by atoms with Gasteiger partial charge in [0.15, 0.2) is 0 Å². The molecule has 0 fully saturated rings. The maximum Gasteiger partial charge on any atom is 0.230 e. The average Bonchev–Trinajstić information content (AvgIpc) is 2.27. The summed E-state index contributed by atoms with van der Waals surface area (Å²) >= 11 is 5.84. The molecule has 1 aromatic rings. The zero-order valence-corrected chi connectivity index (χ0v) is 11.3. The molecule has 1 atom stereocenters. The van der Waals surface area contributed by atoms with Gasteiger partial charge in [-0.1, -0.05) is 6.92 Å². The van der Waals surface area contributed by atoms with E-state index >= 15 is 0 Å². The molecule has 17 heavy (non-hydrogen) atoms. The van der Waals surface area contributed by atoms with E-state index in [2.05, 4.69) is 27.2 Å². The van der Waals surface area contributed by atoms with Gasteiger partial charge in [-0.15, -0.1) is 0 Å². The Morgan fingerprint density at radius 3 is 2.59 bits per heavy atom. The molecular formula is C10H18ClN5O. The zero-order valence-electron chi connectivity index (χ0n) is 10.6. The predicted molar refractivity (Wildman–Crippen MR) is 68.7 cm³/mol. The lowest BCUT2D eigenvalue weighted by Gasteiger charge is -2.17. The van der Waals surface area contributed by atoms with E-state index in [1.165, 1.54) is 0 Å². The summed E-state index contributed by atoms with van der Waals surface area (Å²) in [6.45, 7) is 2.66. The van der Waals surface area contributed by atoms with Crippen LogP contribution < -0.4 is 10.2 Å². The van der Waals surface area contributed by atoms with Gasteiger partial charge in [-0.25, -0.2) is 0 Å². The van der Waals surface area contributed by atoms with E-state index in [9.17, 15) is 0 Å². The van der Waals surface area contributed by atoms with Crippen LogP contribution >= 0.6 is 11.6 Å². The predicted octanol–water partition coefficient (Wildman–Crippen LogP) is 1.43. The molecular weight excluding hydrogens is 242 g/mol. The number of nitrogens with zero attached hydrogens (tertiary/aromatic N) is 4. The first kappa shape index (κ1) is 13.9. The van der Waals surface area contributed by atoms with Crippen LogP contribution in [0.2, 0.25) is 5.28 Å². The summed E-state index contributed by atoms with van der Waals surface area (Å²) in [6.07, 6.45) is 0.911. The standard InChI is InChI=1S/C10H18ClN5O/c1-5-7(6-17-4)12-9-13-8(11)14-10(15-9)16(2)3/h7H,5-6H2,1-4H3,(H,12,13,14,15). The molecule has 0 bridgehead atoms. The Kier molecular flexibility index (Phi) is 5.37. The third-order valence-corrected chi connectivity index (χ3v) is 2.36. The van der Waals surface area contributed by atoms with E-state index in [-0.39, 0.29) is 11.3 Å². The summed E-state index contributed by atoms with van der Waals surface area (Å²) in [5.41, 5.74) is 0. The highest BCUT2D eigenvalue weighted by Crippen LogP contribution is 2.12. The minimum Gasteiger partial charge on any atom is -0.383 e. The van der Waals surface area contributed by atoms with Crippen molar-refractivity contribution in [3.05, 3.63) is 5.28 Å². The summed E-state index contributed by atoms with van der Waals surface area (Å²) < 4.78 is 5.10. The maximum absolute atomic E-state index is 5.84. The van der Waals surface area contributed by atoms with Crippen LogP contribution in [0.5, 0.6) is 0 Å². The van der Waals surface area contributed by atoms with E-state index in [4.69, 9.17) is 16.3 Å². The van der Waals surface area contributed by atoms with Gasteiger partial charge < -0.3 is 15.0 Å². The highest BCUT2D eigenvalue weighted by atomic mass is 35.5. The minimum absolute atomic E-state index is 0.161. The molecule has 0 saturated carbocycles. The van der Waals surface area contributed by atoms with Crippen LogP contribution in [0.15, 0.2) is 0 Å². The summed E-state index contributed by atoms with van der Waals surface area (Å²) in [6, 6.07) is 0.161. The van der Waals surface area contributed by atoms with Crippen LogP contribution in [0.1, 0.15) is 13.3 Å². The molecule has 0 amide bonds. The van der Waals surface area contributed by atoms with E-state index in [0.717, 1.165) is 6.42 Å². The first-order chi connectivity index (χ1) is 8.06. The molecule has 1 aromatic heterocycles. The molecule has 1 unspecified atom stereocenters. The van der Waals surface area contributed by atoms with Gasteiger partial charge >= 0.3 is 0 Å². The van der Waals surface area contributed by atoms with Gasteiger partial charge in [-0.2, -0.15) is 15.0 Å². The Morgan fingerprint density at radius 1 is 1.35 bits per heavy atom. The smallest absolute Gasteiger partial charge is 0.230 e. The second-order valence-corrected chi connectivity index (χ2v) is 4.17. The molecule has 1 rings (SSSR count). The third-order valence-electron chi connectivity index (χ3n) is 2.19. The van der Waals surface area contributed by atoms with Crippen LogP contribution in [0.25, 0.3) is 0 Å². The Balaban J connectivity index is 2.82. The van der Waals surface area contributed by atoms with E-state index in [1.54, 1.807) is 12.0 Å². The quantitative estimate of drug-likeness (QED) is 0.834. The summed E-state index contributed by atoms with van der Waals surface area (Å²) in [4.78, 5) is 14.1.